The summed E-state index contributed by atoms with van der Waals surface area (Å²) >= 11 is 0. The normalized spacial score (nSPS) is 18.1. The van der Waals surface area contributed by atoms with Gasteiger partial charge >= 0.3 is 0 Å². The highest BCUT2D eigenvalue weighted by Crippen LogP contribution is 2.17. The number of carbonyl (C=O) groups is 2. The quantitative estimate of drug-likeness (QED) is 0.873. The molecular weight excluding hydrogens is 244 g/mol. The molecule has 1 aliphatic heterocycles. The van der Waals surface area contributed by atoms with Gasteiger partial charge in [-0.25, -0.2) is 0 Å². The molecule has 1 fully saturated rings. The molecule has 1 atom stereocenters. The lowest BCUT2D eigenvalue weighted by Crippen LogP contribution is -2.26. The van der Waals surface area contributed by atoms with Gasteiger partial charge in [0.15, 0.2) is 0 Å². The van der Waals surface area contributed by atoms with E-state index in [0.717, 1.165) is 18.5 Å². The molecule has 0 aromatic heterocycles. The number of nitrogens with one attached hydrogen (secondary N) is 2. The molecule has 0 saturated carbocycles. The summed E-state index contributed by atoms with van der Waals surface area (Å²) in [7, 11) is 0. The van der Waals surface area contributed by atoms with Crippen LogP contribution in [-0.2, 0) is 14.3 Å². The molecule has 1 saturated heterocycles. The summed E-state index contributed by atoms with van der Waals surface area (Å²) in [6.07, 6.45) is 1.81. The van der Waals surface area contributed by atoms with Crippen molar-refractivity contribution in [3.63, 3.8) is 0 Å². The molecule has 0 aliphatic carbocycles. The maximum absolute atomic E-state index is 11.8. The Morgan fingerprint density at radius 3 is 2.37 bits per heavy atom. The van der Waals surface area contributed by atoms with Gasteiger partial charge in [0, 0.05) is 24.4 Å². The SMILES string of the molecule is CCC(=O)Nc1ccc(NC(=O)C2CCCO2)cc1. The molecule has 5 nitrogen and oxygen atoms in total. The summed E-state index contributed by atoms with van der Waals surface area (Å²) in [5.74, 6) is -0.140. The third-order valence-electron chi connectivity index (χ3n) is 2.98. The second-order valence-corrected chi connectivity index (χ2v) is 4.47. The van der Waals surface area contributed by atoms with Gasteiger partial charge in [0.05, 0.1) is 0 Å². The van der Waals surface area contributed by atoms with Gasteiger partial charge in [-0.3, -0.25) is 9.59 Å². The Morgan fingerprint density at radius 1 is 1.21 bits per heavy atom. The average molecular weight is 262 g/mol. The van der Waals surface area contributed by atoms with Gasteiger partial charge in [-0.2, -0.15) is 0 Å². The summed E-state index contributed by atoms with van der Waals surface area (Å²) in [5.41, 5.74) is 1.43. The van der Waals surface area contributed by atoms with Crippen molar-refractivity contribution in [2.45, 2.75) is 32.3 Å². The van der Waals surface area contributed by atoms with Crippen LogP contribution in [0.2, 0.25) is 0 Å². The first-order valence-electron chi connectivity index (χ1n) is 6.51. The number of anilines is 2. The van der Waals surface area contributed by atoms with Gasteiger partial charge in [0.25, 0.3) is 5.91 Å². The van der Waals surface area contributed by atoms with Crippen LogP contribution in [-0.4, -0.2) is 24.5 Å². The summed E-state index contributed by atoms with van der Waals surface area (Å²) < 4.78 is 5.31. The maximum atomic E-state index is 11.8. The minimum Gasteiger partial charge on any atom is -0.368 e. The lowest BCUT2D eigenvalue weighted by Gasteiger charge is -2.11. The number of benzene rings is 1. The third kappa shape index (κ3) is 3.79. The Balaban J connectivity index is 1.91. The van der Waals surface area contributed by atoms with E-state index in [4.69, 9.17) is 4.74 Å². The Morgan fingerprint density at radius 2 is 1.84 bits per heavy atom. The number of rotatable bonds is 4. The second-order valence-electron chi connectivity index (χ2n) is 4.47. The molecule has 0 radical (unpaired) electrons. The van der Waals surface area contributed by atoms with Crippen molar-refractivity contribution in [1.29, 1.82) is 0 Å². The Labute approximate surface area is 112 Å². The lowest BCUT2D eigenvalue weighted by molar-refractivity contribution is -0.124. The highest BCUT2D eigenvalue weighted by atomic mass is 16.5. The Hall–Kier alpha value is -1.88. The van der Waals surface area contributed by atoms with Crippen LogP contribution in [0, 0.1) is 0 Å². The first kappa shape index (κ1) is 13.5. The standard InChI is InChI=1S/C14H18N2O3/c1-2-13(17)15-10-5-7-11(8-6-10)16-14(18)12-4-3-9-19-12/h5-8,12H,2-4,9H2,1H3,(H,15,17)(H,16,18). The van der Waals surface area contributed by atoms with Crippen molar-refractivity contribution in [1.82, 2.24) is 0 Å². The number of hydrogen-bond acceptors (Lipinski definition) is 3. The van der Waals surface area contributed by atoms with Gasteiger partial charge in [-0.05, 0) is 37.1 Å². The predicted octanol–water partition coefficient (Wildman–Crippen LogP) is 2.15. The number of carbonyl (C=O) groups excluding carboxylic acids is 2. The molecule has 0 spiro atoms. The van der Waals surface area contributed by atoms with E-state index in [1.807, 2.05) is 0 Å². The summed E-state index contributed by atoms with van der Waals surface area (Å²) in [4.78, 5) is 23.0. The van der Waals surface area contributed by atoms with Gasteiger partial charge in [0.1, 0.15) is 6.10 Å². The fourth-order valence-electron chi connectivity index (χ4n) is 1.89. The minimum atomic E-state index is -0.334. The molecule has 1 unspecified atom stereocenters. The number of amides is 2. The van der Waals surface area contributed by atoms with E-state index in [1.165, 1.54) is 0 Å². The molecule has 1 heterocycles. The molecule has 1 aromatic carbocycles. The summed E-state index contributed by atoms with van der Waals surface area (Å²) in [5, 5.41) is 5.55. The predicted molar refractivity (Wildman–Crippen MR) is 73.0 cm³/mol. The largest absolute Gasteiger partial charge is 0.368 e. The molecule has 1 aromatic rings. The fourth-order valence-corrected chi connectivity index (χ4v) is 1.89. The van der Waals surface area contributed by atoms with E-state index in [9.17, 15) is 9.59 Å². The minimum absolute atomic E-state index is 0.0314. The molecule has 1 aliphatic rings. The number of ether oxygens (including phenoxy) is 1. The van der Waals surface area contributed by atoms with Crippen LogP contribution in [0.15, 0.2) is 24.3 Å². The summed E-state index contributed by atoms with van der Waals surface area (Å²) in [6.45, 7) is 2.45. The van der Waals surface area contributed by atoms with E-state index >= 15 is 0 Å². The van der Waals surface area contributed by atoms with Crippen molar-refractivity contribution in [2.24, 2.45) is 0 Å². The Kier molecular flexibility index (Phi) is 4.52. The molecule has 19 heavy (non-hydrogen) atoms. The molecule has 5 heteroatoms. The van der Waals surface area contributed by atoms with Crippen LogP contribution in [0.25, 0.3) is 0 Å². The number of hydrogen-bond donors (Lipinski definition) is 2. The Bertz CT molecular complexity index is 450. The van der Waals surface area contributed by atoms with Crippen molar-refractivity contribution in [3.05, 3.63) is 24.3 Å². The molecule has 2 rings (SSSR count). The van der Waals surface area contributed by atoms with E-state index in [-0.39, 0.29) is 17.9 Å². The summed E-state index contributed by atoms with van der Waals surface area (Å²) in [6, 6.07) is 7.05. The van der Waals surface area contributed by atoms with Gasteiger partial charge in [-0.15, -0.1) is 0 Å². The van der Waals surface area contributed by atoms with Gasteiger partial charge in [0.2, 0.25) is 5.91 Å². The second kappa shape index (κ2) is 6.33. The molecule has 2 N–H and O–H groups in total. The van der Waals surface area contributed by atoms with Crippen molar-refractivity contribution < 1.29 is 14.3 Å². The van der Waals surface area contributed by atoms with Gasteiger partial charge < -0.3 is 15.4 Å². The highest BCUT2D eigenvalue weighted by Gasteiger charge is 2.23. The molecule has 102 valence electrons. The first-order chi connectivity index (χ1) is 9.19. The van der Waals surface area contributed by atoms with Crippen molar-refractivity contribution >= 4 is 23.2 Å². The smallest absolute Gasteiger partial charge is 0.253 e. The van der Waals surface area contributed by atoms with Crippen LogP contribution >= 0.6 is 0 Å². The zero-order valence-electron chi connectivity index (χ0n) is 10.9. The fraction of sp³-hybridized carbons (Fsp3) is 0.429. The molecule has 0 bridgehead atoms. The van der Waals surface area contributed by atoms with E-state index in [1.54, 1.807) is 31.2 Å². The zero-order valence-corrected chi connectivity index (χ0v) is 10.9. The average Bonchev–Trinajstić information content (AvgIpc) is 2.95. The van der Waals surface area contributed by atoms with E-state index in [0.29, 0.717) is 18.7 Å². The van der Waals surface area contributed by atoms with E-state index in [2.05, 4.69) is 10.6 Å². The van der Waals surface area contributed by atoms with Crippen LogP contribution in [0.5, 0.6) is 0 Å². The maximum Gasteiger partial charge on any atom is 0.253 e. The zero-order chi connectivity index (χ0) is 13.7. The third-order valence-corrected chi connectivity index (χ3v) is 2.98. The van der Waals surface area contributed by atoms with Crippen LogP contribution in [0.1, 0.15) is 26.2 Å². The monoisotopic (exact) mass is 262 g/mol. The van der Waals surface area contributed by atoms with Crippen molar-refractivity contribution in [3.8, 4) is 0 Å². The van der Waals surface area contributed by atoms with Crippen LogP contribution in [0.3, 0.4) is 0 Å². The van der Waals surface area contributed by atoms with Crippen molar-refractivity contribution in [2.75, 3.05) is 17.2 Å². The highest BCUT2D eigenvalue weighted by molar-refractivity contribution is 5.95. The molecule has 2 amide bonds. The molecular formula is C14H18N2O3. The first-order valence-corrected chi connectivity index (χ1v) is 6.51. The lowest BCUT2D eigenvalue weighted by atomic mass is 10.2. The van der Waals surface area contributed by atoms with Crippen LogP contribution in [0.4, 0.5) is 11.4 Å². The van der Waals surface area contributed by atoms with E-state index < -0.39 is 0 Å². The topological polar surface area (TPSA) is 67.4 Å². The van der Waals surface area contributed by atoms with Crippen LogP contribution < -0.4 is 10.6 Å². The van der Waals surface area contributed by atoms with Gasteiger partial charge in [-0.1, -0.05) is 6.92 Å².